The Morgan fingerprint density at radius 3 is 2.81 bits per heavy atom. The van der Waals surface area contributed by atoms with Crippen LogP contribution in [0.15, 0.2) is 29.4 Å². The third-order valence-electron chi connectivity index (χ3n) is 5.33. The molecule has 0 amide bonds. The highest BCUT2D eigenvalue weighted by atomic mass is 127. The molecule has 0 spiro atoms. The molecule has 3 rings (SSSR count). The molecule has 2 heterocycles. The summed E-state index contributed by atoms with van der Waals surface area (Å²) >= 11 is 0. The zero-order valence-electron chi connectivity index (χ0n) is 16.6. The quantitative estimate of drug-likeness (QED) is 0.345. The minimum atomic E-state index is -0.213. The van der Waals surface area contributed by atoms with Gasteiger partial charge in [0.2, 0.25) is 0 Å². The van der Waals surface area contributed by atoms with Gasteiger partial charge in [0.05, 0.1) is 0 Å². The van der Waals surface area contributed by atoms with Crippen LogP contribution in [0.3, 0.4) is 0 Å². The van der Waals surface area contributed by atoms with E-state index in [-0.39, 0.29) is 29.8 Å². The van der Waals surface area contributed by atoms with Gasteiger partial charge in [-0.2, -0.15) is 0 Å². The first-order valence-corrected chi connectivity index (χ1v) is 9.44. The topological polar surface area (TPSA) is 55.5 Å². The number of aliphatic imine (C=N–C) groups is 1. The van der Waals surface area contributed by atoms with Crippen LogP contribution in [0.5, 0.6) is 0 Å². The van der Waals surface area contributed by atoms with Gasteiger partial charge in [-0.1, -0.05) is 6.92 Å². The third-order valence-corrected chi connectivity index (χ3v) is 5.33. The van der Waals surface area contributed by atoms with Crippen LogP contribution >= 0.6 is 24.0 Å². The van der Waals surface area contributed by atoms with Crippen LogP contribution in [0.25, 0.3) is 10.9 Å². The van der Waals surface area contributed by atoms with Crippen molar-refractivity contribution >= 4 is 40.8 Å². The van der Waals surface area contributed by atoms with Crippen LogP contribution in [0.4, 0.5) is 4.39 Å². The van der Waals surface area contributed by atoms with Crippen molar-refractivity contribution < 1.29 is 4.39 Å². The Hall–Kier alpha value is -1.35. The number of nitrogens with zero attached hydrogens (tertiary/aromatic N) is 2. The molecule has 0 aliphatic carbocycles. The van der Waals surface area contributed by atoms with Crippen LogP contribution in [0.1, 0.15) is 26.3 Å². The highest BCUT2D eigenvalue weighted by Gasteiger charge is 2.31. The lowest BCUT2D eigenvalue weighted by atomic mass is 10.1. The van der Waals surface area contributed by atoms with Crippen molar-refractivity contribution in [3.8, 4) is 0 Å². The van der Waals surface area contributed by atoms with Gasteiger partial charge in [-0.15, -0.1) is 24.0 Å². The Labute approximate surface area is 178 Å². The molecule has 1 aromatic carbocycles. The molecule has 1 aliphatic rings. The smallest absolute Gasteiger partial charge is 0.191 e. The summed E-state index contributed by atoms with van der Waals surface area (Å²) in [7, 11) is 1.81. The Morgan fingerprint density at radius 2 is 2.15 bits per heavy atom. The van der Waals surface area contributed by atoms with Crippen molar-refractivity contribution in [3.63, 3.8) is 0 Å². The predicted molar refractivity (Wildman–Crippen MR) is 122 cm³/mol. The molecule has 0 bridgehead atoms. The number of hydrogen-bond donors (Lipinski definition) is 3. The first-order chi connectivity index (χ1) is 12.5. The summed E-state index contributed by atoms with van der Waals surface area (Å²) in [5.74, 6) is 1.23. The second kappa shape index (κ2) is 9.73. The Kier molecular flexibility index (Phi) is 7.91. The summed E-state index contributed by atoms with van der Waals surface area (Å²) in [6.45, 7) is 9.73. The number of likely N-dealkylation sites (tertiary alicyclic amines) is 1. The van der Waals surface area contributed by atoms with Crippen molar-refractivity contribution in [3.05, 3.63) is 35.8 Å². The number of halogens is 2. The van der Waals surface area contributed by atoms with Gasteiger partial charge in [0.1, 0.15) is 5.82 Å². The van der Waals surface area contributed by atoms with Crippen molar-refractivity contribution in [1.82, 2.24) is 20.5 Å². The molecule has 1 aliphatic heterocycles. The maximum atomic E-state index is 13.3. The van der Waals surface area contributed by atoms with Crippen LogP contribution in [0, 0.1) is 11.7 Å². The van der Waals surface area contributed by atoms with Crippen LogP contribution in [-0.2, 0) is 6.42 Å². The van der Waals surface area contributed by atoms with Crippen molar-refractivity contribution in [1.29, 1.82) is 0 Å². The summed E-state index contributed by atoms with van der Waals surface area (Å²) < 4.78 is 13.3. The fourth-order valence-electron chi connectivity index (χ4n) is 3.66. The number of fused-ring (bicyclic) bond motifs is 1. The summed E-state index contributed by atoms with van der Waals surface area (Å²) in [4.78, 5) is 10.0. The third kappa shape index (κ3) is 5.34. The molecule has 2 unspecified atom stereocenters. The molecular formula is C20H31FIN5. The molecule has 1 saturated heterocycles. The highest BCUT2D eigenvalue weighted by molar-refractivity contribution is 14.0. The molecule has 5 nitrogen and oxygen atoms in total. The lowest BCUT2D eigenvalue weighted by Gasteiger charge is -2.22. The maximum absolute atomic E-state index is 13.3. The SMILES string of the molecule is CN=C(NCCc1c[nH]c2cc(F)ccc12)NC1CN(C(C)C)CC1C.I. The molecule has 0 saturated carbocycles. The molecule has 1 aromatic heterocycles. The number of aromatic amines is 1. The van der Waals surface area contributed by atoms with Gasteiger partial charge in [-0.3, -0.25) is 9.89 Å². The number of aromatic nitrogens is 1. The van der Waals surface area contributed by atoms with Gasteiger partial charge in [0, 0.05) is 55.9 Å². The fraction of sp³-hybridized carbons (Fsp3) is 0.550. The second-order valence-corrected chi connectivity index (χ2v) is 7.53. The average Bonchev–Trinajstić information content (AvgIpc) is 3.17. The largest absolute Gasteiger partial charge is 0.361 e. The maximum Gasteiger partial charge on any atom is 0.191 e. The zero-order valence-corrected chi connectivity index (χ0v) is 18.9. The lowest BCUT2D eigenvalue weighted by molar-refractivity contribution is 0.265. The van der Waals surface area contributed by atoms with Crippen molar-refractivity contribution in [2.24, 2.45) is 10.9 Å². The molecule has 2 aromatic rings. The van der Waals surface area contributed by atoms with Gasteiger partial charge < -0.3 is 15.6 Å². The minimum absolute atomic E-state index is 0. The van der Waals surface area contributed by atoms with E-state index in [1.807, 2.05) is 19.3 Å². The Bertz CT molecular complexity index is 773. The van der Waals surface area contributed by atoms with Gasteiger partial charge in [0.15, 0.2) is 5.96 Å². The first-order valence-electron chi connectivity index (χ1n) is 9.44. The van der Waals surface area contributed by atoms with E-state index in [0.29, 0.717) is 18.0 Å². The van der Waals surface area contributed by atoms with Gasteiger partial charge in [0.25, 0.3) is 0 Å². The highest BCUT2D eigenvalue weighted by Crippen LogP contribution is 2.20. The van der Waals surface area contributed by atoms with Gasteiger partial charge in [-0.05, 0) is 49.9 Å². The van der Waals surface area contributed by atoms with Crippen molar-refractivity contribution in [2.45, 2.75) is 39.3 Å². The lowest BCUT2D eigenvalue weighted by Crippen LogP contribution is -2.47. The predicted octanol–water partition coefficient (Wildman–Crippen LogP) is 3.36. The molecule has 3 N–H and O–H groups in total. The monoisotopic (exact) mass is 487 g/mol. The van der Waals surface area contributed by atoms with E-state index in [0.717, 1.165) is 42.9 Å². The zero-order chi connectivity index (χ0) is 18.7. The standard InChI is InChI=1S/C20H30FN5.HI/c1-13(2)26-11-14(3)19(12-26)25-20(22-4)23-8-7-15-10-24-18-9-16(21)5-6-17(15)18;/h5-6,9-10,13-14,19,24H,7-8,11-12H2,1-4H3,(H2,22,23,25);1H. The fourth-order valence-corrected chi connectivity index (χ4v) is 3.66. The summed E-state index contributed by atoms with van der Waals surface area (Å²) in [6, 6.07) is 5.87. The van der Waals surface area contributed by atoms with E-state index < -0.39 is 0 Å². The normalized spacial score (nSPS) is 20.9. The minimum Gasteiger partial charge on any atom is -0.361 e. The van der Waals surface area contributed by atoms with E-state index in [4.69, 9.17) is 0 Å². The molecule has 1 fully saturated rings. The molecule has 2 atom stereocenters. The Balaban J connectivity index is 0.00000261. The summed E-state index contributed by atoms with van der Waals surface area (Å²) in [6.07, 6.45) is 2.81. The van der Waals surface area contributed by atoms with Crippen LogP contribution in [0.2, 0.25) is 0 Å². The van der Waals surface area contributed by atoms with Crippen LogP contribution < -0.4 is 10.6 Å². The first kappa shape index (κ1) is 21.9. The number of guanidine groups is 1. The molecular weight excluding hydrogens is 456 g/mol. The number of hydrogen-bond acceptors (Lipinski definition) is 2. The summed E-state index contributed by atoms with van der Waals surface area (Å²) in [5, 5.41) is 8.05. The number of nitrogens with one attached hydrogen (secondary N) is 3. The Morgan fingerprint density at radius 1 is 1.37 bits per heavy atom. The molecule has 0 radical (unpaired) electrons. The van der Waals surface area contributed by atoms with E-state index >= 15 is 0 Å². The van der Waals surface area contributed by atoms with Crippen LogP contribution in [-0.4, -0.2) is 54.6 Å². The van der Waals surface area contributed by atoms with E-state index in [1.165, 1.54) is 17.7 Å². The summed E-state index contributed by atoms with van der Waals surface area (Å²) in [5.41, 5.74) is 2.03. The molecule has 27 heavy (non-hydrogen) atoms. The number of rotatable bonds is 5. The van der Waals surface area contributed by atoms with Crippen molar-refractivity contribution in [2.75, 3.05) is 26.7 Å². The molecule has 7 heteroatoms. The van der Waals surface area contributed by atoms with Gasteiger partial charge in [-0.25, -0.2) is 4.39 Å². The molecule has 150 valence electrons. The van der Waals surface area contributed by atoms with E-state index in [2.05, 4.69) is 46.3 Å². The van der Waals surface area contributed by atoms with E-state index in [9.17, 15) is 4.39 Å². The number of benzene rings is 1. The van der Waals surface area contributed by atoms with Gasteiger partial charge >= 0.3 is 0 Å². The average molecular weight is 487 g/mol. The number of H-pyrrole nitrogens is 1. The second-order valence-electron chi connectivity index (χ2n) is 7.53. The van der Waals surface area contributed by atoms with E-state index in [1.54, 1.807) is 0 Å².